The van der Waals surface area contributed by atoms with Crippen LogP contribution in [0.2, 0.25) is 0 Å². The van der Waals surface area contributed by atoms with E-state index in [1.807, 2.05) is 39.8 Å². The highest BCUT2D eigenvalue weighted by molar-refractivity contribution is 5.83. The smallest absolute Gasteiger partial charge is 0.475 e. The number of fused-ring (bicyclic) bond motifs is 1. The number of carbonyl (C=O) groups excluding carboxylic acids is 2. The molecule has 1 N–H and O–H groups in total. The van der Waals surface area contributed by atoms with Crippen LogP contribution in [0.25, 0.3) is 10.8 Å². The van der Waals surface area contributed by atoms with Gasteiger partial charge in [-0.3, -0.25) is 4.79 Å². The number of likely N-dealkylation sites (tertiary alicyclic amines) is 1. The Morgan fingerprint density at radius 1 is 0.933 bits per heavy atom. The Kier molecular flexibility index (Phi) is 12.4. The number of carbonyl (C=O) groups is 3. The standard InChI is InChI=1S/C32H39NO5.C2HF3O2/c1-5-36-30(34)17-13-23-10-15-26(16-11-23)28-18-19-33(31(35)38-32(2,3)4)21-29(28)37-22-24-12-14-25-8-6-7-9-27(25)20-24;3-2(4,5)1(6)7/h6-12,14-16,20,28-29H,5,13,17-19,21-22H2,1-4H3;(H,6,7). The van der Waals surface area contributed by atoms with Crippen LogP contribution in [0.4, 0.5) is 18.0 Å². The molecule has 0 saturated carbocycles. The number of esters is 1. The number of aliphatic carboxylic acids is 1. The highest BCUT2D eigenvalue weighted by atomic mass is 19.4. The number of nitrogens with zero attached hydrogens (tertiary/aromatic N) is 1. The minimum Gasteiger partial charge on any atom is -0.475 e. The van der Waals surface area contributed by atoms with Crippen LogP contribution in [0.3, 0.4) is 0 Å². The zero-order valence-electron chi connectivity index (χ0n) is 25.9. The molecule has 11 heteroatoms. The van der Waals surface area contributed by atoms with Crippen LogP contribution in [0.1, 0.15) is 63.1 Å². The van der Waals surface area contributed by atoms with E-state index in [1.165, 1.54) is 16.3 Å². The fraction of sp³-hybridized carbons (Fsp3) is 0.441. The maximum Gasteiger partial charge on any atom is 0.490 e. The van der Waals surface area contributed by atoms with Crippen molar-refractivity contribution < 1.29 is 46.9 Å². The highest BCUT2D eigenvalue weighted by Gasteiger charge is 2.38. The molecule has 0 aliphatic carbocycles. The number of carboxylic acid groups (broad SMARTS) is 1. The molecular weight excluding hydrogens is 591 g/mol. The monoisotopic (exact) mass is 631 g/mol. The van der Waals surface area contributed by atoms with Gasteiger partial charge < -0.3 is 24.2 Å². The van der Waals surface area contributed by atoms with E-state index in [1.54, 1.807) is 4.90 Å². The Balaban J connectivity index is 0.000000707. The lowest BCUT2D eigenvalue weighted by Gasteiger charge is -2.39. The third-order valence-electron chi connectivity index (χ3n) is 7.06. The summed E-state index contributed by atoms with van der Waals surface area (Å²) in [7, 11) is 0. The summed E-state index contributed by atoms with van der Waals surface area (Å²) in [4.78, 5) is 35.2. The second kappa shape index (κ2) is 15.7. The van der Waals surface area contributed by atoms with E-state index in [9.17, 15) is 22.8 Å². The summed E-state index contributed by atoms with van der Waals surface area (Å²) < 4.78 is 49.0. The first-order valence-corrected chi connectivity index (χ1v) is 14.8. The third-order valence-corrected chi connectivity index (χ3v) is 7.06. The van der Waals surface area contributed by atoms with Gasteiger partial charge in [0.1, 0.15) is 5.60 Å². The van der Waals surface area contributed by atoms with Crippen molar-refractivity contribution in [3.8, 4) is 0 Å². The number of amides is 1. The van der Waals surface area contributed by atoms with Gasteiger partial charge in [0.05, 0.1) is 25.9 Å². The summed E-state index contributed by atoms with van der Waals surface area (Å²) in [6.45, 7) is 9.42. The van der Waals surface area contributed by atoms with Crippen LogP contribution in [0.5, 0.6) is 0 Å². The minimum atomic E-state index is -5.08. The zero-order chi connectivity index (χ0) is 33.2. The molecule has 0 radical (unpaired) electrons. The quantitative estimate of drug-likeness (QED) is 0.261. The minimum absolute atomic E-state index is 0.147. The predicted molar refractivity (Wildman–Crippen MR) is 163 cm³/mol. The molecule has 3 aromatic carbocycles. The molecule has 1 amide bonds. The van der Waals surface area contributed by atoms with E-state index < -0.39 is 17.7 Å². The van der Waals surface area contributed by atoms with E-state index in [0.717, 1.165) is 17.5 Å². The molecule has 45 heavy (non-hydrogen) atoms. The molecule has 2 unspecified atom stereocenters. The summed E-state index contributed by atoms with van der Waals surface area (Å²) in [5, 5.41) is 9.51. The van der Waals surface area contributed by atoms with Crippen LogP contribution in [-0.2, 0) is 36.8 Å². The Bertz CT molecular complexity index is 1430. The van der Waals surface area contributed by atoms with Gasteiger partial charge >= 0.3 is 24.2 Å². The molecule has 8 nitrogen and oxygen atoms in total. The van der Waals surface area contributed by atoms with Gasteiger partial charge in [-0.25, -0.2) is 9.59 Å². The number of ether oxygens (including phenoxy) is 3. The van der Waals surface area contributed by atoms with Gasteiger partial charge in [0.15, 0.2) is 0 Å². The molecule has 0 aromatic heterocycles. The Hall–Kier alpha value is -4.12. The molecule has 3 aromatic rings. The summed E-state index contributed by atoms with van der Waals surface area (Å²) in [5.74, 6) is -2.78. The maximum absolute atomic E-state index is 12.9. The van der Waals surface area contributed by atoms with Crippen LogP contribution in [-0.4, -0.2) is 65.6 Å². The van der Waals surface area contributed by atoms with Crippen molar-refractivity contribution in [1.82, 2.24) is 4.90 Å². The Morgan fingerprint density at radius 2 is 1.56 bits per heavy atom. The van der Waals surface area contributed by atoms with Crippen molar-refractivity contribution in [2.24, 2.45) is 0 Å². The average Bonchev–Trinajstić information content (AvgIpc) is 2.98. The second-order valence-electron chi connectivity index (χ2n) is 11.7. The van der Waals surface area contributed by atoms with Gasteiger partial charge in [-0.1, -0.05) is 60.7 Å². The van der Waals surface area contributed by atoms with Gasteiger partial charge in [-0.15, -0.1) is 0 Å². The number of hydrogen-bond acceptors (Lipinski definition) is 6. The van der Waals surface area contributed by atoms with Gasteiger partial charge in [0, 0.05) is 18.9 Å². The number of alkyl halides is 3. The van der Waals surface area contributed by atoms with Crippen LogP contribution >= 0.6 is 0 Å². The topological polar surface area (TPSA) is 102 Å². The third kappa shape index (κ3) is 11.4. The highest BCUT2D eigenvalue weighted by Crippen LogP contribution is 2.32. The van der Waals surface area contributed by atoms with Crippen molar-refractivity contribution in [3.05, 3.63) is 83.4 Å². The van der Waals surface area contributed by atoms with E-state index in [2.05, 4.69) is 54.6 Å². The Labute approximate surface area is 261 Å². The molecule has 4 rings (SSSR count). The van der Waals surface area contributed by atoms with Crippen molar-refractivity contribution in [3.63, 3.8) is 0 Å². The summed E-state index contributed by atoms with van der Waals surface area (Å²) >= 11 is 0. The van der Waals surface area contributed by atoms with Gasteiger partial charge in [0.2, 0.25) is 0 Å². The second-order valence-corrected chi connectivity index (χ2v) is 11.7. The molecule has 2 atom stereocenters. The van der Waals surface area contributed by atoms with Crippen molar-refractivity contribution in [2.75, 3.05) is 19.7 Å². The number of piperidine rings is 1. The summed E-state index contributed by atoms with van der Waals surface area (Å²) in [5.41, 5.74) is 2.83. The van der Waals surface area contributed by atoms with E-state index >= 15 is 0 Å². The lowest BCUT2D eigenvalue weighted by molar-refractivity contribution is -0.192. The summed E-state index contributed by atoms with van der Waals surface area (Å²) in [6.07, 6.45) is -3.75. The van der Waals surface area contributed by atoms with Crippen LogP contribution in [0, 0.1) is 0 Å². The SMILES string of the molecule is CCOC(=O)CCc1ccc(C2CCN(C(=O)OC(C)(C)C)CC2OCc2ccc3ccccc3c2)cc1.O=C(O)C(F)(F)F. The molecule has 0 bridgehead atoms. The van der Waals surface area contributed by atoms with Crippen molar-refractivity contribution in [2.45, 2.75) is 77.4 Å². The lowest BCUT2D eigenvalue weighted by Crippen LogP contribution is -2.48. The first kappa shape index (κ1) is 35.4. The fourth-order valence-electron chi connectivity index (χ4n) is 4.90. The van der Waals surface area contributed by atoms with E-state index in [4.69, 9.17) is 24.1 Å². The normalized spacial score (nSPS) is 16.8. The molecule has 0 spiro atoms. The number of aryl methyl sites for hydroxylation is 1. The molecule has 1 saturated heterocycles. The van der Waals surface area contributed by atoms with Gasteiger partial charge in [-0.05, 0) is 74.1 Å². The lowest BCUT2D eigenvalue weighted by atomic mass is 9.86. The molecule has 244 valence electrons. The molecule has 1 heterocycles. The van der Waals surface area contributed by atoms with Gasteiger partial charge in [0.25, 0.3) is 0 Å². The largest absolute Gasteiger partial charge is 0.490 e. The molecule has 1 aliphatic rings. The van der Waals surface area contributed by atoms with E-state index in [0.29, 0.717) is 39.1 Å². The first-order chi connectivity index (χ1) is 21.2. The molecular formula is C34H40F3NO7. The van der Waals surface area contributed by atoms with Crippen molar-refractivity contribution in [1.29, 1.82) is 0 Å². The summed E-state index contributed by atoms with van der Waals surface area (Å²) in [6, 6.07) is 23.1. The number of carboxylic acids is 1. The fourth-order valence-corrected chi connectivity index (χ4v) is 4.90. The Morgan fingerprint density at radius 3 is 2.16 bits per heavy atom. The molecule has 1 aliphatic heterocycles. The van der Waals surface area contributed by atoms with Crippen LogP contribution in [0.15, 0.2) is 66.7 Å². The number of hydrogen-bond donors (Lipinski definition) is 1. The predicted octanol–water partition coefficient (Wildman–Crippen LogP) is 7.28. The molecule has 1 fully saturated rings. The average molecular weight is 632 g/mol. The van der Waals surface area contributed by atoms with Crippen LogP contribution < -0.4 is 0 Å². The number of benzene rings is 3. The number of halogens is 3. The zero-order valence-corrected chi connectivity index (χ0v) is 25.9. The van der Waals surface area contributed by atoms with E-state index in [-0.39, 0.29) is 24.1 Å². The van der Waals surface area contributed by atoms with Gasteiger partial charge in [-0.2, -0.15) is 13.2 Å². The number of rotatable bonds is 8. The van der Waals surface area contributed by atoms with Crippen molar-refractivity contribution >= 4 is 28.8 Å². The maximum atomic E-state index is 12.9. The first-order valence-electron chi connectivity index (χ1n) is 14.8.